The van der Waals surface area contributed by atoms with Crippen molar-refractivity contribution in [1.82, 2.24) is 0 Å². The SMILES string of the molecule is Cc1c(Cl)cc(C(Cl)(Cl)Cl)cc1Cl. The first-order valence-electron chi connectivity index (χ1n) is 3.35. The fourth-order valence-corrected chi connectivity index (χ4v) is 1.62. The number of hydrogen-bond donors (Lipinski definition) is 0. The van der Waals surface area contributed by atoms with Gasteiger partial charge in [-0.05, 0) is 24.6 Å². The molecule has 1 aromatic carbocycles. The number of benzene rings is 1. The summed E-state index contributed by atoms with van der Waals surface area (Å²) in [6.07, 6.45) is 0. The van der Waals surface area contributed by atoms with Crippen molar-refractivity contribution in [2.45, 2.75) is 10.7 Å². The van der Waals surface area contributed by atoms with Crippen LogP contribution in [0.5, 0.6) is 0 Å². The average Bonchev–Trinajstić information content (AvgIpc) is 1.97. The van der Waals surface area contributed by atoms with E-state index in [-0.39, 0.29) is 0 Å². The van der Waals surface area contributed by atoms with Gasteiger partial charge < -0.3 is 0 Å². The standard InChI is InChI=1S/C8H5Cl5/c1-4-6(9)2-5(3-7(4)10)8(11,12)13/h2-3H,1H3. The molecule has 0 bridgehead atoms. The molecule has 1 rings (SSSR count). The Morgan fingerprint density at radius 2 is 1.38 bits per heavy atom. The van der Waals surface area contributed by atoms with Gasteiger partial charge in [-0.15, -0.1) is 0 Å². The summed E-state index contributed by atoms with van der Waals surface area (Å²) in [4.78, 5) is 0. The Kier molecular flexibility index (Phi) is 3.65. The third-order valence-electron chi connectivity index (χ3n) is 1.61. The van der Waals surface area contributed by atoms with Gasteiger partial charge >= 0.3 is 0 Å². The number of alkyl halides is 3. The maximum absolute atomic E-state index is 5.86. The van der Waals surface area contributed by atoms with Gasteiger partial charge in [0.05, 0.1) is 0 Å². The second-order valence-electron chi connectivity index (χ2n) is 2.56. The Bertz CT molecular complexity index is 303. The second kappa shape index (κ2) is 4.04. The predicted octanol–water partition coefficient (Wildman–Crippen LogP) is 5.13. The summed E-state index contributed by atoms with van der Waals surface area (Å²) in [6, 6.07) is 3.19. The highest BCUT2D eigenvalue weighted by Crippen LogP contribution is 2.41. The van der Waals surface area contributed by atoms with Crippen LogP contribution >= 0.6 is 58.0 Å². The van der Waals surface area contributed by atoms with Gasteiger partial charge in [-0.1, -0.05) is 58.0 Å². The monoisotopic (exact) mass is 276 g/mol. The molecule has 0 amide bonds. The summed E-state index contributed by atoms with van der Waals surface area (Å²) in [6.45, 7) is 1.80. The minimum Gasteiger partial charge on any atom is -0.0840 e. The van der Waals surface area contributed by atoms with Gasteiger partial charge in [0.25, 0.3) is 0 Å². The summed E-state index contributed by atoms with van der Waals surface area (Å²) in [7, 11) is 0. The maximum Gasteiger partial charge on any atom is 0.216 e. The van der Waals surface area contributed by atoms with Crippen molar-refractivity contribution in [2.75, 3.05) is 0 Å². The topological polar surface area (TPSA) is 0 Å². The van der Waals surface area contributed by atoms with Crippen molar-refractivity contribution >= 4 is 58.0 Å². The van der Waals surface area contributed by atoms with E-state index < -0.39 is 3.79 Å². The fraction of sp³-hybridized carbons (Fsp3) is 0.250. The molecule has 0 heterocycles. The lowest BCUT2D eigenvalue weighted by atomic mass is 10.2. The van der Waals surface area contributed by atoms with Crippen LogP contribution in [0.1, 0.15) is 11.1 Å². The van der Waals surface area contributed by atoms with Gasteiger partial charge in [-0.2, -0.15) is 0 Å². The van der Waals surface area contributed by atoms with E-state index in [9.17, 15) is 0 Å². The minimum absolute atomic E-state index is 0.470. The molecule has 0 spiro atoms. The molecule has 0 N–H and O–H groups in total. The Hall–Kier alpha value is 0.670. The molecule has 0 fully saturated rings. The number of hydrogen-bond acceptors (Lipinski definition) is 0. The van der Waals surface area contributed by atoms with Crippen LogP contribution in [-0.2, 0) is 3.79 Å². The van der Waals surface area contributed by atoms with Crippen molar-refractivity contribution in [3.8, 4) is 0 Å². The Labute approximate surface area is 102 Å². The van der Waals surface area contributed by atoms with Crippen molar-refractivity contribution in [3.05, 3.63) is 33.3 Å². The van der Waals surface area contributed by atoms with Crippen LogP contribution in [-0.4, -0.2) is 0 Å². The van der Waals surface area contributed by atoms with E-state index in [4.69, 9.17) is 58.0 Å². The van der Waals surface area contributed by atoms with Gasteiger partial charge in [-0.25, -0.2) is 0 Å². The zero-order valence-corrected chi connectivity index (χ0v) is 10.3. The molecule has 0 aliphatic heterocycles. The summed E-state index contributed by atoms with van der Waals surface area (Å²) in [5, 5.41) is 0.989. The maximum atomic E-state index is 5.86. The molecule has 0 unspecified atom stereocenters. The van der Waals surface area contributed by atoms with E-state index >= 15 is 0 Å². The lowest BCUT2D eigenvalue weighted by Gasteiger charge is -2.13. The molecule has 72 valence electrons. The van der Waals surface area contributed by atoms with Crippen LogP contribution in [0.4, 0.5) is 0 Å². The van der Waals surface area contributed by atoms with Crippen LogP contribution in [0.2, 0.25) is 10.0 Å². The fourth-order valence-electron chi connectivity index (χ4n) is 0.809. The molecule has 13 heavy (non-hydrogen) atoms. The van der Waals surface area contributed by atoms with Gasteiger partial charge in [-0.3, -0.25) is 0 Å². The van der Waals surface area contributed by atoms with Crippen molar-refractivity contribution in [3.63, 3.8) is 0 Å². The van der Waals surface area contributed by atoms with Crippen LogP contribution in [0.15, 0.2) is 12.1 Å². The number of halogens is 5. The van der Waals surface area contributed by atoms with E-state index in [1.165, 1.54) is 0 Å². The molecule has 0 atom stereocenters. The summed E-state index contributed by atoms with van der Waals surface area (Å²) >= 11 is 28.7. The second-order valence-corrected chi connectivity index (χ2v) is 5.66. The molecular weight excluding hydrogens is 273 g/mol. The first-order valence-corrected chi connectivity index (χ1v) is 5.24. The smallest absolute Gasteiger partial charge is 0.0840 e. The van der Waals surface area contributed by atoms with E-state index in [0.717, 1.165) is 5.56 Å². The number of rotatable bonds is 0. The largest absolute Gasteiger partial charge is 0.216 e. The van der Waals surface area contributed by atoms with E-state index in [1.807, 2.05) is 0 Å². The summed E-state index contributed by atoms with van der Waals surface area (Å²) in [5.41, 5.74) is 1.25. The molecule has 0 nitrogen and oxygen atoms in total. The zero-order chi connectivity index (χ0) is 10.2. The van der Waals surface area contributed by atoms with Crippen LogP contribution in [0, 0.1) is 6.92 Å². The van der Waals surface area contributed by atoms with Crippen LogP contribution < -0.4 is 0 Å². The van der Waals surface area contributed by atoms with Gasteiger partial charge in [0, 0.05) is 15.6 Å². The highest BCUT2D eigenvalue weighted by molar-refractivity contribution is 6.66. The molecule has 5 heteroatoms. The highest BCUT2D eigenvalue weighted by atomic mass is 35.6. The first kappa shape index (κ1) is 11.7. The summed E-state index contributed by atoms with van der Waals surface area (Å²) in [5.74, 6) is 0. The third-order valence-corrected chi connectivity index (χ3v) is 3.05. The van der Waals surface area contributed by atoms with E-state index in [2.05, 4.69) is 0 Å². The van der Waals surface area contributed by atoms with Crippen molar-refractivity contribution in [2.24, 2.45) is 0 Å². The van der Waals surface area contributed by atoms with E-state index in [1.54, 1.807) is 19.1 Å². The molecule has 0 aliphatic carbocycles. The first-order chi connectivity index (χ1) is 5.82. The summed E-state index contributed by atoms with van der Waals surface area (Å²) < 4.78 is -1.49. The molecule has 1 aromatic rings. The molecule has 0 aromatic heterocycles. The molecule has 0 saturated carbocycles. The van der Waals surface area contributed by atoms with Crippen LogP contribution in [0.3, 0.4) is 0 Å². The highest BCUT2D eigenvalue weighted by Gasteiger charge is 2.24. The molecule has 0 radical (unpaired) electrons. The zero-order valence-electron chi connectivity index (χ0n) is 6.54. The lowest BCUT2D eigenvalue weighted by Crippen LogP contribution is -2.00. The van der Waals surface area contributed by atoms with Gasteiger partial charge in [0.2, 0.25) is 3.79 Å². The predicted molar refractivity (Wildman–Crippen MR) is 60.4 cm³/mol. The Morgan fingerprint density at radius 1 is 1.00 bits per heavy atom. The minimum atomic E-state index is -1.49. The lowest BCUT2D eigenvalue weighted by molar-refractivity contribution is 1.23. The van der Waals surface area contributed by atoms with Gasteiger partial charge in [0.15, 0.2) is 0 Å². The van der Waals surface area contributed by atoms with Crippen molar-refractivity contribution < 1.29 is 0 Å². The Balaban J connectivity index is 3.29. The quantitative estimate of drug-likeness (QED) is 0.577. The molecule has 0 saturated heterocycles. The Morgan fingerprint density at radius 3 is 1.69 bits per heavy atom. The van der Waals surface area contributed by atoms with Crippen molar-refractivity contribution in [1.29, 1.82) is 0 Å². The molecular formula is C8H5Cl5. The normalized spacial score (nSPS) is 11.8. The van der Waals surface area contributed by atoms with Crippen LogP contribution in [0.25, 0.3) is 0 Å². The average molecular weight is 278 g/mol. The molecule has 0 aliphatic rings. The van der Waals surface area contributed by atoms with Gasteiger partial charge in [0.1, 0.15) is 0 Å². The van der Waals surface area contributed by atoms with E-state index in [0.29, 0.717) is 15.6 Å². The third kappa shape index (κ3) is 2.81.